The molecule has 0 bridgehead atoms. The minimum atomic E-state index is 0. The molecule has 3 rings (SSSR count). The number of rotatable bonds is 2. The molecule has 0 spiro atoms. The molecule has 0 aliphatic carbocycles. The molecular weight excluding hydrogens is 395 g/mol. The van der Waals surface area contributed by atoms with Gasteiger partial charge < -0.3 is 4.74 Å². The van der Waals surface area contributed by atoms with Gasteiger partial charge >= 0.3 is 0 Å². The van der Waals surface area contributed by atoms with Gasteiger partial charge in [-0.2, -0.15) is 12.1 Å². The van der Waals surface area contributed by atoms with Crippen LogP contribution in [0.3, 0.4) is 0 Å². The van der Waals surface area contributed by atoms with E-state index in [1.807, 2.05) is 0 Å². The van der Waals surface area contributed by atoms with Gasteiger partial charge in [-0.05, 0) is 33.1 Å². The van der Waals surface area contributed by atoms with Crippen LogP contribution in [0.1, 0.15) is 52.7 Å². The zero-order valence-electron chi connectivity index (χ0n) is 17.0. The van der Waals surface area contributed by atoms with Crippen LogP contribution >= 0.6 is 0 Å². The molecule has 0 saturated carbocycles. The van der Waals surface area contributed by atoms with Gasteiger partial charge in [-0.25, -0.2) is 0 Å². The van der Waals surface area contributed by atoms with Crippen LogP contribution in [-0.4, -0.2) is 7.11 Å². The van der Waals surface area contributed by atoms with Crippen LogP contribution in [0.25, 0.3) is 21.9 Å². The van der Waals surface area contributed by atoms with Gasteiger partial charge in [0.05, 0.1) is 7.11 Å². The fraction of sp³-hybridized carbons (Fsp3) is 0.375. The molecule has 2 heteroatoms. The first kappa shape index (κ1) is 21.0. The van der Waals surface area contributed by atoms with Gasteiger partial charge in [0.15, 0.2) is 0 Å². The van der Waals surface area contributed by atoms with E-state index in [1.165, 1.54) is 33.0 Å². The molecule has 0 aliphatic rings. The maximum atomic E-state index is 5.93. The summed E-state index contributed by atoms with van der Waals surface area (Å²) in [6.07, 6.45) is 0. The molecule has 0 atom stereocenters. The molecule has 136 valence electrons. The number of ether oxygens (including phenoxy) is 1. The van der Waals surface area contributed by atoms with Crippen molar-refractivity contribution in [2.45, 2.75) is 52.4 Å². The molecule has 0 amide bonds. The van der Waals surface area contributed by atoms with Crippen LogP contribution in [0, 0.1) is 0 Å². The van der Waals surface area contributed by atoms with Gasteiger partial charge in [0.1, 0.15) is 5.75 Å². The van der Waals surface area contributed by atoms with Gasteiger partial charge in [0.25, 0.3) is 0 Å². The minimum absolute atomic E-state index is 0. The Morgan fingerprint density at radius 2 is 1.46 bits per heavy atom. The van der Waals surface area contributed by atoms with E-state index in [9.17, 15) is 0 Å². The zero-order chi connectivity index (χ0) is 18.4. The number of methoxy groups -OCH3 is 1. The molecule has 0 fully saturated rings. The first-order chi connectivity index (χ1) is 11.6. The summed E-state index contributed by atoms with van der Waals surface area (Å²) < 4.78 is 5.93. The zero-order valence-corrected chi connectivity index (χ0v) is 19.5. The first-order valence-electron chi connectivity index (χ1n) is 9.01. The Morgan fingerprint density at radius 1 is 0.846 bits per heavy atom. The van der Waals surface area contributed by atoms with E-state index in [2.05, 4.69) is 90.1 Å². The third-order valence-electron chi connectivity index (χ3n) is 4.94. The van der Waals surface area contributed by atoms with Gasteiger partial charge in [-0.15, -0.1) is 22.9 Å². The van der Waals surface area contributed by atoms with Crippen molar-refractivity contribution < 1.29 is 30.9 Å². The van der Waals surface area contributed by atoms with E-state index < -0.39 is 0 Å². The van der Waals surface area contributed by atoms with Crippen LogP contribution in [0.2, 0.25) is 0 Å². The number of hydrogen-bond donors (Lipinski definition) is 0. The van der Waals surface area contributed by atoms with E-state index >= 15 is 0 Å². The Balaban J connectivity index is 0.00000243. The SMILES string of the molecule is COc1c(C(C)(C)C)cc2[cH-]ccc2c1-c1ccc(C(C)(C)C)cc1.[Zr]. The van der Waals surface area contributed by atoms with Crippen LogP contribution in [0.15, 0.2) is 48.5 Å². The molecule has 26 heavy (non-hydrogen) atoms. The maximum Gasteiger partial charge on any atom is 0.111 e. The van der Waals surface area contributed by atoms with Gasteiger partial charge in [-0.3, -0.25) is 0 Å². The summed E-state index contributed by atoms with van der Waals surface area (Å²) in [5.41, 5.74) is 5.20. The van der Waals surface area contributed by atoms with Crippen molar-refractivity contribution in [1.29, 1.82) is 0 Å². The molecule has 0 aromatic heterocycles. The molecule has 0 aliphatic heterocycles. The standard InChI is InChI=1S/C24H29O.Zr/c1-23(2,3)18-13-11-16(12-14-18)21-19-10-8-9-17(19)15-20(22(21)25-7)24(4,5)6;/h8-15H,1-7H3;/q-1;. The average molecular weight is 425 g/mol. The van der Waals surface area contributed by atoms with Crippen LogP contribution in [0.4, 0.5) is 0 Å². The van der Waals surface area contributed by atoms with E-state index in [0.29, 0.717) is 0 Å². The molecule has 3 aromatic carbocycles. The van der Waals surface area contributed by atoms with Crippen molar-refractivity contribution in [3.05, 3.63) is 59.7 Å². The monoisotopic (exact) mass is 423 g/mol. The fourth-order valence-electron chi connectivity index (χ4n) is 3.46. The van der Waals surface area contributed by atoms with Crippen molar-refractivity contribution in [2.75, 3.05) is 7.11 Å². The Morgan fingerprint density at radius 3 is 1.96 bits per heavy atom. The Labute approximate surface area is 177 Å². The van der Waals surface area contributed by atoms with E-state index in [1.54, 1.807) is 7.11 Å². The van der Waals surface area contributed by atoms with Crippen LogP contribution in [0.5, 0.6) is 5.75 Å². The second-order valence-corrected chi connectivity index (χ2v) is 8.94. The van der Waals surface area contributed by atoms with Crippen molar-refractivity contribution in [3.8, 4) is 16.9 Å². The molecule has 0 radical (unpaired) electrons. The van der Waals surface area contributed by atoms with Crippen LogP contribution in [-0.2, 0) is 37.0 Å². The molecule has 3 aromatic rings. The fourth-order valence-corrected chi connectivity index (χ4v) is 3.46. The molecule has 0 heterocycles. The summed E-state index contributed by atoms with van der Waals surface area (Å²) in [4.78, 5) is 0. The van der Waals surface area contributed by atoms with Gasteiger partial charge in [-0.1, -0.05) is 65.8 Å². The summed E-state index contributed by atoms with van der Waals surface area (Å²) in [6.45, 7) is 13.5. The van der Waals surface area contributed by atoms with Crippen molar-refractivity contribution in [1.82, 2.24) is 0 Å². The minimum Gasteiger partial charge on any atom is -0.498 e. The average Bonchev–Trinajstić information content (AvgIpc) is 2.99. The summed E-state index contributed by atoms with van der Waals surface area (Å²) in [5.74, 6) is 0.995. The summed E-state index contributed by atoms with van der Waals surface area (Å²) in [5, 5.41) is 2.54. The van der Waals surface area contributed by atoms with Crippen molar-refractivity contribution in [2.24, 2.45) is 0 Å². The Hall–Kier alpha value is -1.27. The summed E-state index contributed by atoms with van der Waals surface area (Å²) in [6, 6.07) is 17.7. The van der Waals surface area contributed by atoms with Crippen LogP contribution < -0.4 is 4.74 Å². The van der Waals surface area contributed by atoms with Crippen molar-refractivity contribution in [3.63, 3.8) is 0 Å². The van der Waals surface area contributed by atoms with Crippen molar-refractivity contribution >= 4 is 10.8 Å². The molecule has 0 saturated heterocycles. The Kier molecular flexibility index (Phi) is 5.98. The smallest absolute Gasteiger partial charge is 0.111 e. The van der Waals surface area contributed by atoms with E-state index in [0.717, 1.165) is 5.75 Å². The topological polar surface area (TPSA) is 9.23 Å². The second kappa shape index (κ2) is 7.39. The normalized spacial score (nSPS) is 12.1. The number of fused-ring (bicyclic) bond motifs is 1. The first-order valence-corrected chi connectivity index (χ1v) is 9.01. The summed E-state index contributed by atoms with van der Waals surface area (Å²) in [7, 11) is 1.78. The summed E-state index contributed by atoms with van der Waals surface area (Å²) >= 11 is 0. The number of hydrogen-bond acceptors (Lipinski definition) is 1. The number of benzene rings is 2. The third kappa shape index (κ3) is 3.86. The van der Waals surface area contributed by atoms with Gasteiger partial charge in [0, 0.05) is 26.2 Å². The maximum absolute atomic E-state index is 5.93. The van der Waals surface area contributed by atoms with Gasteiger partial charge in [0.2, 0.25) is 0 Å². The quantitative estimate of drug-likeness (QED) is 0.410. The second-order valence-electron chi connectivity index (χ2n) is 8.94. The molecule has 0 unspecified atom stereocenters. The molecule has 0 N–H and O–H groups in total. The third-order valence-corrected chi connectivity index (χ3v) is 4.94. The molecular formula is C24H29OZr-. The largest absolute Gasteiger partial charge is 0.498 e. The predicted molar refractivity (Wildman–Crippen MR) is 109 cm³/mol. The van der Waals surface area contributed by atoms with E-state index in [-0.39, 0.29) is 37.0 Å². The predicted octanol–water partition coefficient (Wildman–Crippen LogP) is 6.83. The molecule has 1 nitrogen and oxygen atoms in total. The van der Waals surface area contributed by atoms with E-state index in [4.69, 9.17) is 4.74 Å². The Bertz CT molecular complexity index is 887.